The Hall–Kier alpha value is -4.72. The van der Waals surface area contributed by atoms with E-state index >= 15 is 0 Å². The summed E-state index contributed by atoms with van der Waals surface area (Å²) in [4.78, 5) is 57.5. The number of fused-ring (bicyclic) bond motifs is 4. The fraction of sp³-hybridized carbons (Fsp3) is 0.556. The average molecular weight is 849 g/mol. The first-order valence-electron chi connectivity index (χ1n) is 24.0. The lowest BCUT2D eigenvalue weighted by atomic mass is 9.89. The zero-order chi connectivity index (χ0) is 45.1. The van der Waals surface area contributed by atoms with Gasteiger partial charge in [0.25, 0.3) is 0 Å². The normalized spacial score (nSPS) is 13.7. The topological polar surface area (TPSA) is 105 Å². The fourth-order valence-corrected chi connectivity index (χ4v) is 9.09. The van der Waals surface area contributed by atoms with Crippen molar-refractivity contribution in [3.05, 3.63) is 68.4 Å². The van der Waals surface area contributed by atoms with Gasteiger partial charge in [0, 0.05) is 42.4 Å². The molecule has 62 heavy (non-hydrogen) atoms. The number of esters is 4. The van der Waals surface area contributed by atoms with E-state index in [0.717, 1.165) is 62.5 Å². The summed E-state index contributed by atoms with van der Waals surface area (Å²) in [6.45, 7) is 20.4. The maximum absolute atomic E-state index is 14.4. The van der Waals surface area contributed by atoms with Gasteiger partial charge in [0.1, 0.15) is 23.0 Å². The van der Waals surface area contributed by atoms with Gasteiger partial charge in [0.05, 0.1) is 23.7 Å². The van der Waals surface area contributed by atoms with Crippen LogP contribution in [-0.4, -0.2) is 23.9 Å². The molecule has 5 rings (SSSR count). The van der Waals surface area contributed by atoms with Gasteiger partial charge in [-0.15, -0.1) is 0 Å². The van der Waals surface area contributed by atoms with Crippen molar-refractivity contribution in [2.24, 2.45) is 23.7 Å². The molecular weight excluding hydrogens is 777 g/mol. The highest BCUT2D eigenvalue weighted by Gasteiger charge is 2.34. The number of unbranched alkanes of at least 4 members (excludes halogenated alkanes) is 4. The van der Waals surface area contributed by atoms with E-state index in [1.54, 1.807) is 0 Å². The number of ether oxygens (including phenoxy) is 4. The molecule has 4 aromatic carbocycles. The first kappa shape index (κ1) is 48.3. The van der Waals surface area contributed by atoms with Crippen LogP contribution in [0.3, 0.4) is 0 Å². The van der Waals surface area contributed by atoms with Crippen LogP contribution in [-0.2, 0) is 19.2 Å². The molecule has 0 spiro atoms. The second-order valence-corrected chi connectivity index (χ2v) is 17.5. The minimum absolute atomic E-state index is 0.318. The smallest absolute Gasteiger partial charge is 0.314 e. The molecule has 0 N–H and O–H groups in total. The number of rotatable bonds is 24. The molecule has 0 fully saturated rings. The van der Waals surface area contributed by atoms with E-state index in [0.29, 0.717) is 117 Å². The molecule has 4 atom stereocenters. The first-order valence-corrected chi connectivity index (χ1v) is 24.0. The van der Waals surface area contributed by atoms with Crippen molar-refractivity contribution in [1.29, 1.82) is 0 Å². The summed E-state index contributed by atoms with van der Waals surface area (Å²) in [5.74, 6) is -1.43. The van der Waals surface area contributed by atoms with Gasteiger partial charge in [-0.1, -0.05) is 143 Å². The summed E-state index contributed by atoms with van der Waals surface area (Å²) in [6, 6.07) is 11.5. The summed E-state index contributed by atoms with van der Waals surface area (Å²) in [7, 11) is 0. The maximum atomic E-state index is 14.4. The van der Waals surface area contributed by atoms with Gasteiger partial charge in [-0.25, -0.2) is 0 Å². The van der Waals surface area contributed by atoms with Crippen molar-refractivity contribution in [1.82, 2.24) is 0 Å². The molecule has 336 valence electrons. The van der Waals surface area contributed by atoms with Crippen molar-refractivity contribution in [3.63, 3.8) is 0 Å². The highest BCUT2D eigenvalue weighted by Crippen LogP contribution is 2.49. The van der Waals surface area contributed by atoms with Crippen molar-refractivity contribution in [2.45, 2.75) is 172 Å². The summed E-state index contributed by atoms with van der Waals surface area (Å²) in [6.07, 6.45) is 12.5. The molecule has 0 bridgehead atoms. The van der Waals surface area contributed by atoms with Crippen molar-refractivity contribution < 1.29 is 38.1 Å². The van der Waals surface area contributed by atoms with Gasteiger partial charge >= 0.3 is 23.9 Å². The predicted octanol–water partition coefficient (Wildman–Crippen LogP) is 14.0. The van der Waals surface area contributed by atoms with Gasteiger partial charge < -0.3 is 18.9 Å². The number of hydrogen-bond acceptors (Lipinski definition) is 8. The van der Waals surface area contributed by atoms with E-state index < -0.39 is 0 Å². The summed E-state index contributed by atoms with van der Waals surface area (Å²) in [5.41, 5.74) is 1.65. The molecule has 0 aliphatic heterocycles. The third-order valence-corrected chi connectivity index (χ3v) is 13.1. The molecule has 0 radical (unpaired) electrons. The van der Waals surface area contributed by atoms with Crippen molar-refractivity contribution in [3.8, 4) is 23.0 Å². The minimum Gasteiger partial charge on any atom is -0.425 e. The summed E-state index contributed by atoms with van der Waals surface area (Å²) < 4.78 is 26.6. The Bertz CT molecular complexity index is 2280. The van der Waals surface area contributed by atoms with Crippen LogP contribution in [0, 0.1) is 58.4 Å². The number of hydrogen-bond donors (Lipinski definition) is 0. The molecule has 4 aromatic rings. The van der Waals surface area contributed by atoms with E-state index in [4.69, 9.17) is 18.9 Å². The number of carbonyl (C=O) groups is 4. The third-order valence-electron chi connectivity index (χ3n) is 13.1. The Labute approximate surface area is 369 Å². The SMILES string of the molecule is CCCCC(CC)C(=O)Oc1c2c(c(OC(=O)C(CC)CCCC)c3c(C)cccc13)=c1c(OC(=O)C(CC)CCCC)c3c(C)cccc3c(OC(=O)C(CC)CCCC)c1=2. The maximum Gasteiger partial charge on any atom is 0.314 e. The Kier molecular flexibility index (Phi) is 17.6. The largest absolute Gasteiger partial charge is 0.425 e. The summed E-state index contributed by atoms with van der Waals surface area (Å²) >= 11 is 0. The second kappa shape index (κ2) is 22.6. The van der Waals surface area contributed by atoms with Gasteiger partial charge in [0.2, 0.25) is 0 Å². The Morgan fingerprint density at radius 1 is 0.403 bits per heavy atom. The molecule has 0 saturated carbocycles. The molecule has 0 heterocycles. The molecule has 1 aliphatic carbocycles. The van der Waals surface area contributed by atoms with E-state index in [1.807, 2.05) is 77.9 Å². The van der Waals surface area contributed by atoms with Gasteiger partial charge in [-0.3, -0.25) is 19.2 Å². The van der Waals surface area contributed by atoms with Gasteiger partial charge in [0.15, 0.2) is 0 Å². The Morgan fingerprint density at radius 3 is 0.919 bits per heavy atom. The third kappa shape index (κ3) is 10.1. The molecule has 1 aliphatic rings. The quantitative estimate of drug-likeness (QED) is 0.0446. The predicted molar refractivity (Wildman–Crippen MR) is 248 cm³/mol. The fourth-order valence-electron chi connectivity index (χ4n) is 9.09. The molecule has 8 nitrogen and oxygen atoms in total. The molecule has 0 aromatic heterocycles. The number of aryl methyl sites for hydroxylation is 2. The Balaban J connectivity index is 2.03. The standard InChI is InChI=1S/C54H72O8/c1-11-19-27-35(15-5)51(55)59-47-39-31-23-25-33(9)41(39)49(61-53(57)37(17-7)29-21-13-3)45-43(47)44-46(45)50(62-54(58)38(18-8)30-22-14-4)42-34(10)26-24-32-40(42)48(44)60-52(56)36(16-6)28-20-12-2/h23-26,31-32,35-38H,11-22,27-30H2,1-10H3. The van der Waals surface area contributed by atoms with Gasteiger partial charge in [-0.2, -0.15) is 0 Å². The highest BCUT2D eigenvalue weighted by molar-refractivity contribution is 6.03. The van der Waals surface area contributed by atoms with E-state index in [2.05, 4.69) is 27.7 Å². The first-order chi connectivity index (χ1) is 30.0. The van der Waals surface area contributed by atoms with Crippen LogP contribution in [0.5, 0.6) is 23.0 Å². The van der Waals surface area contributed by atoms with Crippen LogP contribution in [0.1, 0.15) is 169 Å². The van der Waals surface area contributed by atoms with Crippen LogP contribution in [0.15, 0.2) is 36.4 Å². The minimum atomic E-state index is -0.344. The lowest BCUT2D eigenvalue weighted by molar-refractivity contribution is -0.140. The zero-order valence-corrected chi connectivity index (χ0v) is 39.4. The number of carbonyl (C=O) groups excluding carboxylic acids is 4. The molecule has 0 amide bonds. The highest BCUT2D eigenvalue weighted by atomic mass is 16.6. The zero-order valence-electron chi connectivity index (χ0n) is 39.4. The lowest BCUT2D eigenvalue weighted by Crippen LogP contribution is -2.24. The average Bonchev–Trinajstić information content (AvgIpc) is 3.25. The Morgan fingerprint density at radius 2 is 0.661 bits per heavy atom. The van der Waals surface area contributed by atoms with Crippen LogP contribution in [0.4, 0.5) is 0 Å². The molecule has 0 saturated heterocycles. The number of benzene rings is 4. The van der Waals surface area contributed by atoms with Crippen molar-refractivity contribution in [2.75, 3.05) is 0 Å². The monoisotopic (exact) mass is 849 g/mol. The van der Waals surface area contributed by atoms with Crippen LogP contribution < -0.4 is 18.9 Å². The van der Waals surface area contributed by atoms with Crippen LogP contribution >= 0.6 is 0 Å². The van der Waals surface area contributed by atoms with Crippen LogP contribution in [0.25, 0.3) is 21.5 Å². The molecular formula is C54H72O8. The van der Waals surface area contributed by atoms with E-state index in [1.165, 1.54) is 0 Å². The molecule has 8 heteroatoms. The van der Waals surface area contributed by atoms with E-state index in [9.17, 15) is 19.2 Å². The van der Waals surface area contributed by atoms with Gasteiger partial charge in [-0.05, 0) is 76.3 Å². The lowest BCUT2D eigenvalue weighted by Gasteiger charge is -2.25. The van der Waals surface area contributed by atoms with Crippen LogP contribution in [0.2, 0.25) is 0 Å². The second-order valence-electron chi connectivity index (χ2n) is 17.5. The van der Waals surface area contributed by atoms with Crippen molar-refractivity contribution >= 4 is 45.4 Å². The van der Waals surface area contributed by atoms with E-state index in [-0.39, 0.29) is 47.5 Å². The summed E-state index contributed by atoms with van der Waals surface area (Å²) in [5, 5.41) is 4.52. The molecule has 4 unspecified atom stereocenters.